The van der Waals surface area contributed by atoms with Crippen LogP contribution in [0.15, 0.2) is 29.2 Å². The summed E-state index contributed by atoms with van der Waals surface area (Å²) in [7, 11) is -2.15. The van der Waals surface area contributed by atoms with E-state index < -0.39 is 21.2 Å². The lowest BCUT2D eigenvalue weighted by Crippen LogP contribution is -2.44. The largest absolute Gasteiger partial charge is 0.495 e. The Hall–Kier alpha value is -1.07. The Bertz CT molecular complexity index is 555. The molecule has 0 saturated heterocycles. The fourth-order valence-electron chi connectivity index (χ4n) is 3.30. The van der Waals surface area contributed by atoms with Gasteiger partial charge in [0.25, 0.3) is 0 Å². The van der Waals surface area contributed by atoms with E-state index in [1.165, 1.54) is 7.11 Å². The van der Waals surface area contributed by atoms with Gasteiger partial charge in [0.05, 0.1) is 18.5 Å². The Kier molecular flexibility index (Phi) is 4.39. The van der Waals surface area contributed by atoms with Crippen molar-refractivity contribution in [2.75, 3.05) is 7.11 Å². The summed E-state index contributed by atoms with van der Waals surface area (Å²) in [6.45, 7) is 3.95. The molecule has 4 unspecified atom stereocenters. The number of rotatable bonds is 3. The maximum absolute atomic E-state index is 12.9. The van der Waals surface area contributed by atoms with Gasteiger partial charge in [-0.3, -0.25) is 0 Å². The smallest absolute Gasteiger partial charge is 0.187 e. The van der Waals surface area contributed by atoms with E-state index in [4.69, 9.17) is 4.74 Å². The number of para-hydroxylation sites is 1. The first-order chi connectivity index (χ1) is 9.37. The molecule has 0 aliphatic heterocycles. The highest BCUT2D eigenvalue weighted by Gasteiger charge is 2.43. The molecular weight excluding hydrogens is 276 g/mol. The summed E-state index contributed by atoms with van der Waals surface area (Å²) in [6.07, 6.45) is 0.531. The number of benzene rings is 1. The van der Waals surface area contributed by atoms with E-state index in [1.807, 2.05) is 13.8 Å². The molecule has 1 aromatic carbocycles. The molecule has 0 bridgehead atoms. The molecule has 1 aliphatic carbocycles. The number of ether oxygens (including phenoxy) is 1. The topological polar surface area (TPSA) is 63.6 Å². The highest BCUT2D eigenvalue weighted by molar-refractivity contribution is 7.92. The summed E-state index contributed by atoms with van der Waals surface area (Å²) in [6, 6.07) is 6.60. The monoisotopic (exact) mass is 298 g/mol. The third kappa shape index (κ3) is 2.69. The molecule has 4 atom stereocenters. The van der Waals surface area contributed by atoms with E-state index in [9.17, 15) is 13.5 Å². The molecule has 1 aliphatic rings. The van der Waals surface area contributed by atoms with Crippen LogP contribution in [-0.4, -0.2) is 32.0 Å². The molecule has 0 amide bonds. The van der Waals surface area contributed by atoms with E-state index in [2.05, 4.69) is 0 Å². The van der Waals surface area contributed by atoms with Gasteiger partial charge in [-0.1, -0.05) is 26.0 Å². The van der Waals surface area contributed by atoms with Crippen LogP contribution in [0.4, 0.5) is 0 Å². The third-order valence-electron chi connectivity index (χ3n) is 4.09. The molecule has 1 saturated carbocycles. The predicted molar refractivity (Wildman–Crippen MR) is 77.5 cm³/mol. The maximum atomic E-state index is 12.9. The van der Waals surface area contributed by atoms with E-state index >= 15 is 0 Å². The van der Waals surface area contributed by atoms with Gasteiger partial charge in [-0.15, -0.1) is 0 Å². The normalized spacial score (nSPS) is 31.0. The van der Waals surface area contributed by atoms with Gasteiger partial charge in [0.15, 0.2) is 9.84 Å². The van der Waals surface area contributed by atoms with E-state index in [1.54, 1.807) is 24.3 Å². The number of aliphatic hydroxyl groups is 1. The summed E-state index contributed by atoms with van der Waals surface area (Å²) < 4.78 is 30.9. The average Bonchev–Trinajstić information content (AvgIpc) is 2.37. The number of methoxy groups -OCH3 is 1. The van der Waals surface area contributed by atoms with Gasteiger partial charge in [0.1, 0.15) is 10.6 Å². The zero-order valence-electron chi connectivity index (χ0n) is 12.1. The lowest BCUT2D eigenvalue weighted by atomic mass is 9.81. The zero-order valence-corrected chi connectivity index (χ0v) is 12.9. The van der Waals surface area contributed by atoms with Crippen LogP contribution < -0.4 is 4.74 Å². The van der Waals surface area contributed by atoms with Crippen molar-refractivity contribution in [1.82, 2.24) is 0 Å². The van der Waals surface area contributed by atoms with E-state index in [-0.39, 0.29) is 10.8 Å². The second-order valence-corrected chi connectivity index (χ2v) is 7.86. The average molecular weight is 298 g/mol. The first-order valence-electron chi connectivity index (χ1n) is 6.93. The van der Waals surface area contributed by atoms with Crippen molar-refractivity contribution in [2.45, 2.75) is 42.9 Å². The Morgan fingerprint density at radius 1 is 1.20 bits per heavy atom. The molecule has 0 heterocycles. The van der Waals surface area contributed by atoms with Gasteiger partial charge >= 0.3 is 0 Å². The van der Waals surface area contributed by atoms with Crippen LogP contribution in [0.1, 0.15) is 26.7 Å². The van der Waals surface area contributed by atoms with Crippen molar-refractivity contribution < 1.29 is 18.3 Å². The SMILES string of the molecule is COc1ccccc1S(=O)(=O)C1C(C)CC(C)CC1O. The van der Waals surface area contributed by atoms with Gasteiger partial charge in [-0.05, 0) is 36.8 Å². The first-order valence-corrected chi connectivity index (χ1v) is 8.47. The lowest BCUT2D eigenvalue weighted by Gasteiger charge is -2.36. The minimum absolute atomic E-state index is 0.0661. The summed E-state index contributed by atoms with van der Waals surface area (Å²) in [5.41, 5.74) is 0. The molecule has 1 N–H and O–H groups in total. The van der Waals surface area contributed by atoms with Crippen LogP contribution in [0.25, 0.3) is 0 Å². The van der Waals surface area contributed by atoms with Crippen molar-refractivity contribution in [3.63, 3.8) is 0 Å². The zero-order chi connectivity index (χ0) is 14.9. The molecule has 20 heavy (non-hydrogen) atoms. The Morgan fingerprint density at radius 3 is 2.45 bits per heavy atom. The predicted octanol–water partition coefficient (Wildman–Crippen LogP) is 2.26. The van der Waals surface area contributed by atoms with Gasteiger partial charge in [0, 0.05) is 0 Å². The molecular formula is C15H22O4S. The Morgan fingerprint density at radius 2 is 1.85 bits per heavy atom. The molecule has 5 heteroatoms. The minimum Gasteiger partial charge on any atom is -0.495 e. The van der Waals surface area contributed by atoms with E-state index in [0.717, 1.165) is 6.42 Å². The molecule has 112 valence electrons. The molecule has 0 aromatic heterocycles. The fraction of sp³-hybridized carbons (Fsp3) is 0.600. The van der Waals surface area contributed by atoms with Crippen molar-refractivity contribution in [3.8, 4) is 5.75 Å². The standard InChI is InChI=1S/C15H22O4S/c1-10-8-11(2)15(12(16)9-10)20(17,18)14-7-5-4-6-13(14)19-3/h4-7,10-12,15-16H,8-9H2,1-3H3. The summed E-state index contributed by atoms with van der Waals surface area (Å²) in [5.74, 6) is 0.623. The number of aliphatic hydroxyl groups excluding tert-OH is 1. The summed E-state index contributed by atoms with van der Waals surface area (Å²) in [4.78, 5) is 0.174. The molecule has 0 spiro atoms. The van der Waals surface area contributed by atoms with Crippen LogP contribution in [0.2, 0.25) is 0 Å². The quantitative estimate of drug-likeness (QED) is 0.929. The molecule has 4 nitrogen and oxygen atoms in total. The van der Waals surface area contributed by atoms with Crippen LogP contribution in [0.3, 0.4) is 0 Å². The van der Waals surface area contributed by atoms with Gasteiger partial charge in [-0.25, -0.2) is 8.42 Å². The Balaban J connectivity index is 2.44. The number of hydrogen-bond donors (Lipinski definition) is 1. The first kappa shape index (κ1) is 15.3. The van der Waals surface area contributed by atoms with Gasteiger partial charge < -0.3 is 9.84 Å². The molecule has 1 fully saturated rings. The van der Waals surface area contributed by atoms with Crippen molar-refractivity contribution in [2.24, 2.45) is 11.8 Å². The highest BCUT2D eigenvalue weighted by atomic mass is 32.2. The summed E-state index contributed by atoms with van der Waals surface area (Å²) in [5, 5.41) is 9.50. The fourth-order valence-corrected chi connectivity index (χ4v) is 5.54. The van der Waals surface area contributed by atoms with Crippen molar-refractivity contribution in [3.05, 3.63) is 24.3 Å². The second kappa shape index (κ2) is 5.74. The summed E-state index contributed by atoms with van der Waals surface area (Å²) >= 11 is 0. The third-order valence-corrected chi connectivity index (χ3v) is 6.54. The Labute approximate surface area is 120 Å². The van der Waals surface area contributed by atoms with Crippen LogP contribution in [0.5, 0.6) is 5.75 Å². The number of sulfone groups is 1. The van der Waals surface area contributed by atoms with Crippen LogP contribution in [-0.2, 0) is 9.84 Å². The maximum Gasteiger partial charge on any atom is 0.187 e. The molecule has 2 rings (SSSR count). The van der Waals surface area contributed by atoms with Crippen molar-refractivity contribution >= 4 is 9.84 Å². The second-order valence-electron chi connectivity index (χ2n) is 5.78. The van der Waals surface area contributed by atoms with Crippen LogP contribution >= 0.6 is 0 Å². The van der Waals surface area contributed by atoms with Crippen molar-refractivity contribution in [1.29, 1.82) is 0 Å². The highest BCUT2D eigenvalue weighted by Crippen LogP contribution is 2.38. The van der Waals surface area contributed by atoms with Gasteiger partial charge in [-0.2, -0.15) is 0 Å². The minimum atomic E-state index is -3.60. The lowest BCUT2D eigenvalue weighted by molar-refractivity contribution is 0.0842. The van der Waals surface area contributed by atoms with Crippen LogP contribution in [0, 0.1) is 11.8 Å². The molecule has 1 aromatic rings. The van der Waals surface area contributed by atoms with E-state index in [0.29, 0.717) is 18.1 Å². The number of hydrogen-bond acceptors (Lipinski definition) is 4. The van der Waals surface area contributed by atoms with Gasteiger partial charge in [0.2, 0.25) is 0 Å². The molecule has 0 radical (unpaired) electrons.